The zero-order valence-electron chi connectivity index (χ0n) is 14.3. The fourth-order valence-corrected chi connectivity index (χ4v) is 3.62. The van der Waals surface area contributed by atoms with E-state index in [1.54, 1.807) is 0 Å². The van der Waals surface area contributed by atoms with Gasteiger partial charge in [-0.1, -0.05) is 18.2 Å². The molecule has 2 fully saturated rings. The van der Waals surface area contributed by atoms with Crippen LogP contribution in [0.15, 0.2) is 30.3 Å². The van der Waals surface area contributed by atoms with Crippen molar-refractivity contribution in [2.24, 2.45) is 5.92 Å². The number of urea groups is 1. The van der Waals surface area contributed by atoms with Crippen molar-refractivity contribution in [2.75, 3.05) is 33.3 Å². The lowest BCUT2D eigenvalue weighted by atomic mass is 9.80. The lowest BCUT2D eigenvalue weighted by Gasteiger charge is -2.39. The first-order valence-electron chi connectivity index (χ1n) is 8.51. The second-order valence-corrected chi connectivity index (χ2v) is 6.80. The van der Waals surface area contributed by atoms with Crippen LogP contribution in [0.5, 0.6) is 5.75 Å². The molecule has 2 heterocycles. The van der Waals surface area contributed by atoms with E-state index in [9.17, 15) is 9.59 Å². The van der Waals surface area contributed by atoms with Crippen LogP contribution in [-0.4, -0.2) is 60.6 Å². The van der Waals surface area contributed by atoms with E-state index in [-0.39, 0.29) is 17.9 Å². The standard InChI is InChI=1S/C18H25N3O3/c1-18(16(22)20(2)17(23)19-18)14-7-6-10-21(13-14)11-12-24-15-8-4-3-5-9-15/h3-5,8-9,14H,6-7,10-13H2,1-2H3,(H,19,23)/t14-,18+/m0/s1. The van der Waals surface area contributed by atoms with Gasteiger partial charge in [-0.05, 0) is 38.4 Å². The summed E-state index contributed by atoms with van der Waals surface area (Å²) in [5, 5.41) is 2.88. The maximum Gasteiger partial charge on any atom is 0.324 e. The van der Waals surface area contributed by atoms with Crippen LogP contribution < -0.4 is 10.1 Å². The number of para-hydroxylation sites is 1. The number of nitrogens with one attached hydrogen (secondary N) is 1. The van der Waals surface area contributed by atoms with Crippen molar-refractivity contribution in [1.29, 1.82) is 0 Å². The lowest BCUT2D eigenvalue weighted by molar-refractivity contribution is -0.132. The quantitative estimate of drug-likeness (QED) is 0.835. The maximum atomic E-state index is 12.4. The molecule has 0 radical (unpaired) electrons. The Hall–Kier alpha value is -2.08. The van der Waals surface area contributed by atoms with Gasteiger partial charge in [-0.25, -0.2) is 4.79 Å². The van der Waals surface area contributed by atoms with Gasteiger partial charge in [0.25, 0.3) is 5.91 Å². The van der Waals surface area contributed by atoms with Gasteiger partial charge in [0.2, 0.25) is 0 Å². The van der Waals surface area contributed by atoms with E-state index >= 15 is 0 Å². The minimum Gasteiger partial charge on any atom is -0.492 e. The molecule has 130 valence electrons. The van der Waals surface area contributed by atoms with Crippen molar-refractivity contribution in [3.05, 3.63) is 30.3 Å². The van der Waals surface area contributed by atoms with Crippen LogP contribution in [0, 0.1) is 5.92 Å². The average molecular weight is 331 g/mol. The second kappa shape index (κ2) is 6.81. The smallest absolute Gasteiger partial charge is 0.324 e. The zero-order valence-corrected chi connectivity index (χ0v) is 14.3. The van der Waals surface area contributed by atoms with Gasteiger partial charge < -0.3 is 10.1 Å². The molecule has 0 spiro atoms. The first-order valence-corrected chi connectivity index (χ1v) is 8.51. The summed E-state index contributed by atoms with van der Waals surface area (Å²) in [4.78, 5) is 27.8. The SMILES string of the molecule is CN1C(=O)N[C@](C)([C@H]2CCCN(CCOc3ccccc3)C2)C1=O. The third-order valence-corrected chi connectivity index (χ3v) is 5.16. The molecule has 0 saturated carbocycles. The molecule has 2 aliphatic rings. The summed E-state index contributed by atoms with van der Waals surface area (Å²) >= 11 is 0. The van der Waals surface area contributed by atoms with Gasteiger partial charge in [0, 0.05) is 26.1 Å². The van der Waals surface area contributed by atoms with E-state index in [2.05, 4.69) is 10.2 Å². The van der Waals surface area contributed by atoms with E-state index < -0.39 is 5.54 Å². The van der Waals surface area contributed by atoms with Crippen molar-refractivity contribution in [1.82, 2.24) is 15.1 Å². The summed E-state index contributed by atoms with van der Waals surface area (Å²) in [5.74, 6) is 0.877. The number of piperidine rings is 1. The maximum absolute atomic E-state index is 12.4. The van der Waals surface area contributed by atoms with Crippen LogP contribution in [0.2, 0.25) is 0 Å². The molecule has 6 heteroatoms. The van der Waals surface area contributed by atoms with Crippen LogP contribution in [0.25, 0.3) is 0 Å². The second-order valence-electron chi connectivity index (χ2n) is 6.80. The van der Waals surface area contributed by atoms with Gasteiger partial charge in [0.1, 0.15) is 17.9 Å². The highest BCUT2D eigenvalue weighted by Crippen LogP contribution is 2.31. The van der Waals surface area contributed by atoms with E-state index in [0.717, 1.165) is 38.2 Å². The number of nitrogens with zero attached hydrogens (tertiary/aromatic N) is 2. The topological polar surface area (TPSA) is 61.9 Å². The number of ether oxygens (including phenoxy) is 1. The fraction of sp³-hybridized carbons (Fsp3) is 0.556. The Morgan fingerprint density at radius 3 is 2.71 bits per heavy atom. The van der Waals surface area contributed by atoms with Crippen LogP contribution >= 0.6 is 0 Å². The highest BCUT2D eigenvalue weighted by atomic mass is 16.5. The number of hydrogen-bond donors (Lipinski definition) is 1. The molecule has 1 aromatic carbocycles. The molecule has 0 aliphatic carbocycles. The van der Waals surface area contributed by atoms with Crippen molar-refractivity contribution < 1.29 is 14.3 Å². The summed E-state index contributed by atoms with van der Waals surface area (Å²) in [6.45, 7) is 5.09. The fourth-order valence-electron chi connectivity index (χ4n) is 3.62. The predicted octanol–water partition coefficient (Wildman–Crippen LogP) is 1.72. The Bertz CT molecular complexity index is 607. The molecule has 24 heavy (non-hydrogen) atoms. The number of rotatable bonds is 5. The Kier molecular flexibility index (Phi) is 4.76. The van der Waals surface area contributed by atoms with Gasteiger partial charge in [-0.15, -0.1) is 0 Å². The minimum absolute atomic E-state index is 0.125. The molecule has 2 saturated heterocycles. The van der Waals surface area contributed by atoms with Crippen LogP contribution in [0.3, 0.4) is 0 Å². The number of likely N-dealkylation sites (N-methyl/N-ethyl adjacent to an activating group) is 1. The first kappa shape index (κ1) is 16.8. The molecular weight excluding hydrogens is 306 g/mol. The zero-order chi connectivity index (χ0) is 17.2. The number of carbonyl (C=O) groups is 2. The molecule has 1 aromatic rings. The number of benzene rings is 1. The van der Waals surface area contributed by atoms with Crippen LogP contribution in [-0.2, 0) is 4.79 Å². The van der Waals surface area contributed by atoms with Crippen molar-refractivity contribution in [3.8, 4) is 5.75 Å². The molecule has 0 bridgehead atoms. The molecular formula is C18H25N3O3. The predicted molar refractivity (Wildman–Crippen MR) is 90.8 cm³/mol. The molecule has 6 nitrogen and oxygen atoms in total. The van der Waals surface area contributed by atoms with Crippen LogP contribution in [0.4, 0.5) is 4.79 Å². The van der Waals surface area contributed by atoms with Crippen LogP contribution in [0.1, 0.15) is 19.8 Å². The first-order chi connectivity index (χ1) is 11.5. The van der Waals surface area contributed by atoms with Crippen molar-refractivity contribution in [3.63, 3.8) is 0 Å². The molecule has 1 N–H and O–H groups in total. The number of likely N-dealkylation sites (tertiary alicyclic amines) is 1. The Morgan fingerprint density at radius 2 is 2.04 bits per heavy atom. The lowest BCUT2D eigenvalue weighted by Crippen LogP contribution is -2.56. The number of amides is 3. The summed E-state index contributed by atoms with van der Waals surface area (Å²) in [7, 11) is 1.54. The third kappa shape index (κ3) is 3.24. The largest absolute Gasteiger partial charge is 0.492 e. The molecule has 2 aliphatic heterocycles. The number of imide groups is 1. The van der Waals surface area contributed by atoms with Gasteiger partial charge in [-0.2, -0.15) is 0 Å². The van der Waals surface area contributed by atoms with Gasteiger partial charge in [0.15, 0.2) is 0 Å². The summed E-state index contributed by atoms with van der Waals surface area (Å²) in [6, 6.07) is 9.47. The van der Waals surface area contributed by atoms with E-state index in [0.29, 0.717) is 6.61 Å². The molecule has 2 atom stereocenters. The molecule has 3 rings (SSSR count). The number of hydrogen-bond acceptors (Lipinski definition) is 4. The Balaban J connectivity index is 1.55. The highest BCUT2D eigenvalue weighted by Gasteiger charge is 2.51. The van der Waals surface area contributed by atoms with Gasteiger partial charge in [0.05, 0.1) is 0 Å². The highest BCUT2D eigenvalue weighted by molar-refractivity contribution is 6.06. The van der Waals surface area contributed by atoms with Crippen molar-refractivity contribution >= 4 is 11.9 Å². The number of carbonyl (C=O) groups excluding carboxylic acids is 2. The van der Waals surface area contributed by atoms with E-state index in [1.165, 1.54) is 11.9 Å². The molecule has 0 aromatic heterocycles. The Morgan fingerprint density at radius 1 is 1.29 bits per heavy atom. The monoisotopic (exact) mass is 331 g/mol. The van der Waals surface area contributed by atoms with Gasteiger partial charge in [-0.3, -0.25) is 14.6 Å². The summed E-state index contributed by atoms with van der Waals surface area (Å²) < 4.78 is 5.76. The summed E-state index contributed by atoms with van der Waals surface area (Å²) in [6.07, 6.45) is 1.98. The van der Waals surface area contributed by atoms with E-state index in [1.807, 2.05) is 37.3 Å². The van der Waals surface area contributed by atoms with E-state index in [4.69, 9.17) is 4.74 Å². The normalized spacial score (nSPS) is 28.1. The summed E-state index contributed by atoms with van der Waals surface area (Å²) in [5.41, 5.74) is -0.787. The molecule has 3 amide bonds. The Labute approximate surface area is 142 Å². The van der Waals surface area contributed by atoms with Crippen molar-refractivity contribution in [2.45, 2.75) is 25.3 Å². The average Bonchev–Trinajstić information content (AvgIpc) is 2.80. The molecule has 0 unspecified atom stereocenters. The third-order valence-electron chi connectivity index (χ3n) is 5.16. The minimum atomic E-state index is -0.787. The van der Waals surface area contributed by atoms with Gasteiger partial charge >= 0.3 is 6.03 Å².